The summed E-state index contributed by atoms with van der Waals surface area (Å²) in [6, 6.07) is 12.7. The van der Waals surface area contributed by atoms with E-state index in [-0.39, 0.29) is 5.57 Å². The van der Waals surface area contributed by atoms with Gasteiger partial charge in [0.1, 0.15) is 11.6 Å². The third kappa shape index (κ3) is 4.15. The van der Waals surface area contributed by atoms with E-state index in [4.69, 9.17) is 10.4 Å². The van der Waals surface area contributed by atoms with Crippen LogP contribution in [0.4, 0.5) is 0 Å². The Labute approximate surface area is 122 Å². The third-order valence-electron chi connectivity index (χ3n) is 2.77. The van der Waals surface area contributed by atoms with E-state index in [1.165, 1.54) is 6.08 Å². The van der Waals surface area contributed by atoms with Crippen molar-refractivity contribution in [3.63, 3.8) is 0 Å². The van der Waals surface area contributed by atoms with Crippen LogP contribution in [0, 0.1) is 11.3 Å². The largest absolute Gasteiger partial charge is 0.477 e. The zero-order valence-corrected chi connectivity index (χ0v) is 11.1. The van der Waals surface area contributed by atoms with E-state index < -0.39 is 5.97 Å². The number of pyridine rings is 1. The summed E-state index contributed by atoms with van der Waals surface area (Å²) in [4.78, 5) is 14.7. The molecule has 0 aliphatic carbocycles. The predicted octanol–water partition coefficient (Wildman–Crippen LogP) is 3.24. The molecule has 0 saturated heterocycles. The van der Waals surface area contributed by atoms with Gasteiger partial charge in [0, 0.05) is 12.4 Å². The minimum absolute atomic E-state index is 0.282. The maximum atomic E-state index is 10.8. The van der Waals surface area contributed by atoms with Gasteiger partial charge in [-0.25, -0.2) is 4.79 Å². The summed E-state index contributed by atoms with van der Waals surface area (Å²) in [6.45, 7) is 0. The molecule has 0 fully saturated rings. The molecule has 2 rings (SSSR count). The monoisotopic (exact) mass is 276 g/mol. The molecule has 102 valence electrons. The highest BCUT2D eigenvalue weighted by Crippen LogP contribution is 2.12. The number of rotatable bonds is 4. The van der Waals surface area contributed by atoms with Crippen LogP contribution >= 0.6 is 0 Å². The molecule has 4 nitrogen and oxygen atoms in total. The minimum Gasteiger partial charge on any atom is -0.477 e. The molecular formula is C17H12N2O2. The Hall–Kier alpha value is -3.19. The zero-order chi connectivity index (χ0) is 15.1. The Morgan fingerprint density at radius 3 is 2.05 bits per heavy atom. The molecule has 2 aromatic rings. The molecule has 0 bridgehead atoms. The Morgan fingerprint density at radius 2 is 1.52 bits per heavy atom. The summed E-state index contributed by atoms with van der Waals surface area (Å²) in [7, 11) is 0. The van der Waals surface area contributed by atoms with Gasteiger partial charge < -0.3 is 5.11 Å². The third-order valence-corrected chi connectivity index (χ3v) is 2.77. The number of carboxylic acids is 1. The van der Waals surface area contributed by atoms with Crippen molar-refractivity contribution in [1.82, 2.24) is 4.98 Å². The lowest BCUT2D eigenvalue weighted by Crippen LogP contribution is -1.97. The number of aliphatic carboxylic acids is 1. The lowest BCUT2D eigenvalue weighted by molar-refractivity contribution is -0.132. The Kier molecular flexibility index (Phi) is 4.62. The fourth-order valence-electron chi connectivity index (χ4n) is 1.68. The first-order valence-electron chi connectivity index (χ1n) is 6.22. The highest BCUT2D eigenvalue weighted by molar-refractivity contribution is 5.96. The van der Waals surface area contributed by atoms with Crippen molar-refractivity contribution >= 4 is 24.2 Å². The average molecular weight is 276 g/mol. The van der Waals surface area contributed by atoms with Crippen molar-refractivity contribution in [3.8, 4) is 6.07 Å². The molecule has 0 spiro atoms. The molecule has 0 aliphatic heterocycles. The van der Waals surface area contributed by atoms with Gasteiger partial charge in [0.15, 0.2) is 0 Å². The number of carbonyl (C=O) groups is 1. The Balaban J connectivity index is 2.15. The molecular weight excluding hydrogens is 264 g/mol. The number of hydrogen-bond acceptors (Lipinski definition) is 3. The van der Waals surface area contributed by atoms with Crippen molar-refractivity contribution in [2.24, 2.45) is 0 Å². The maximum Gasteiger partial charge on any atom is 0.346 e. The maximum absolute atomic E-state index is 10.8. The molecule has 0 atom stereocenters. The minimum atomic E-state index is -1.22. The van der Waals surface area contributed by atoms with Crippen molar-refractivity contribution < 1.29 is 9.90 Å². The Bertz CT molecular complexity index is 724. The van der Waals surface area contributed by atoms with Crippen molar-refractivity contribution in [2.75, 3.05) is 0 Å². The van der Waals surface area contributed by atoms with Gasteiger partial charge >= 0.3 is 5.97 Å². The first-order valence-corrected chi connectivity index (χ1v) is 6.22. The van der Waals surface area contributed by atoms with Crippen molar-refractivity contribution in [1.29, 1.82) is 5.26 Å². The quantitative estimate of drug-likeness (QED) is 0.687. The molecule has 1 N–H and O–H groups in total. The first-order chi connectivity index (χ1) is 10.2. The molecule has 0 radical (unpaired) electrons. The van der Waals surface area contributed by atoms with E-state index in [1.54, 1.807) is 30.6 Å². The summed E-state index contributed by atoms with van der Waals surface area (Å²) in [5, 5.41) is 17.5. The van der Waals surface area contributed by atoms with Crippen LogP contribution in [0.25, 0.3) is 18.2 Å². The fraction of sp³-hybridized carbons (Fsp3) is 0. The summed E-state index contributed by atoms with van der Waals surface area (Å²) >= 11 is 0. The van der Waals surface area contributed by atoms with E-state index in [1.807, 2.05) is 36.4 Å². The molecule has 4 heteroatoms. The number of hydrogen-bond donors (Lipinski definition) is 1. The second kappa shape index (κ2) is 6.83. The van der Waals surface area contributed by atoms with Gasteiger partial charge in [-0.2, -0.15) is 5.26 Å². The highest BCUT2D eigenvalue weighted by atomic mass is 16.4. The van der Waals surface area contributed by atoms with Crippen molar-refractivity contribution in [2.45, 2.75) is 0 Å². The predicted molar refractivity (Wildman–Crippen MR) is 80.8 cm³/mol. The molecule has 0 amide bonds. The SMILES string of the molecule is N#CC(=Cc1ccc(C=Cc2ccncc2)cc1)C(=O)O. The highest BCUT2D eigenvalue weighted by Gasteiger charge is 2.04. The number of aromatic nitrogens is 1. The smallest absolute Gasteiger partial charge is 0.346 e. The summed E-state index contributed by atoms with van der Waals surface area (Å²) < 4.78 is 0. The second-order valence-electron chi connectivity index (χ2n) is 4.26. The molecule has 1 heterocycles. The van der Waals surface area contributed by atoms with E-state index in [9.17, 15) is 4.79 Å². The van der Waals surface area contributed by atoms with Gasteiger partial charge in [-0.3, -0.25) is 4.98 Å². The van der Waals surface area contributed by atoms with Gasteiger partial charge in [0.2, 0.25) is 0 Å². The molecule has 0 saturated carbocycles. The second-order valence-corrected chi connectivity index (χ2v) is 4.26. The molecule has 0 aliphatic rings. The molecule has 0 unspecified atom stereocenters. The normalized spacial score (nSPS) is 11.3. The van der Waals surface area contributed by atoms with Gasteiger partial charge in [-0.1, -0.05) is 36.4 Å². The standard InChI is InChI=1S/C17H12N2O2/c18-12-16(17(20)21)11-15-5-3-13(4-6-15)1-2-14-7-9-19-10-8-14/h1-11H,(H,20,21). The lowest BCUT2D eigenvalue weighted by atomic mass is 10.1. The number of nitrogens with zero attached hydrogens (tertiary/aromatic N) is 2. The number of benzene rings is 1. The van der Waals surface area contributed by atoms with Gasteiger partial charge in [-0.05, 0) is 34.9 Å². The summed E-state index contributed by atoms with van der Waals surface area (Å²) in [5.41, 5.74) is 2.43. The molecule has 21 heavy (non-hydrogen) atoms. The van der Waals surface area contributed by atoms with Crippen LogP contribution in [0.5, 0.6) is 0 Å². The summed E-state index contributed by atoms with van der Waals surface area (Å²) in [5.74, 6) is -1.22. The van der Waals surface area contributed by atoms with Crippen molar-refractivity contribution in [3.05, 3.63) is 71.1 Å². The fourth-order valence-corrected chi connectivity index (χ4v) is 1.68. The van der Waals surface area contributed by atoms with Crippen LogP contribution in [0.15, 0.2) is 54.4 Å². The van der Waals surface area contributed by atoms with Gasteiger partial charge in [0.25, 0.3) is 0 Å². The van der Waals surface area contributed by atoms with Gasteiger partial charge in [0.05, 0.1) is 0 Å². The summed E-state index contributed by atoms with van der Waals surface area (Å²) in [6.07, 6.45) is 8.71. The topological polar surface area (TPSA) is 74.0 Å². The van der Waals surface area contributed by atoms with E-state index in [2.05, 4.69) is 4.98 Å². The molecule has 1 aromatic heterocycles. The number of carboxylic acid groups (broad SMARTS) is 1. The average Bonchev–Trinajstić information content (AvgIpc) is 2.52. The van der Waals surface area contributed by atoms with Crippen LogP contribution in [-0.2, 0) is 4.79 Å². The molecule has 1 aromatic carbocycles. The van der Waals surface area contributed by atoms with Crippen LogP contribution in [0.2, 0.25) is 0 Å². The van der Waals surface area contributed by atoms with Crippen LogP contribution < -0.4 is 0 Å². The van der Waals surface area contributed by atoms with E-state index in [0.29, 0.717) is 5.56 Å². The van der Waals surface area contributed by atoms with Crippen LogP contribution in [-0.4, -0.2) is 16.1 Å². The van der Waals surface area contributed by atoms with E-state index in [0.717, 1.165) is 11.1 Å². The van der Waals surface area contributed by atoms with Crippen LogP contribution in [0.1, 0.15) is 16.7 Å². The zero-order valence-electron chi connectivity index (χ0n) is 11.1. The van der Waals surface area contributed by atoms with Crippen LogP contribution in [0.3, 0.4) is 0 Å². The van der Waals surface area contributed by atoms with Gasteiger partial charge in [-0.15, -0.1) is 0 Å². The Morgan fingerprint density at radius 1 is 1.00 bits per heavy atom. The first kappa shape index (κ1) is 14.2. The van der Waals surface area contributed by atoms with E-state index >= 15 is 0 Å². The number of nitriles is 1. The lowest BCUT2D eigenvalue weighted by Gasteiger charge is -1.97.